The Morgan fingerprint density at radius 1 is 0.824 bits per heavy atom. The van der Waals surface area contributed by atoms with Gasteiger partial charge in [-0.25, -0.2) is 4.39 Å². The van der Waals surface area contributed by atoms with Crippen LogP contribution in [0.25, 0.3) is 12.2 Å². The number of rotatable bonds is 3. The van der Waals surface area contributed by atoms with Crippen molar-refractivity contribution >= 4 is 12.2 Å². The molecule has 0 unspecified atom stereocenters. The smallest absolute Gasteiger partial charge is 0.123 e. The maximum absolute atomic E-state index is 12.7. The third-order valence-corrected chi connectivity index (χ3v) is 2.73. The molecule has 0 saturated heterocycles. The summed E-state index contributed by atoms with van der Waals surface area (Å²) in [5, 5.41) is 0. The van der Waals surface area contributed by atoms with Crippen molar-refractivity contribution in [2.24, 2.45) is 0 Å². The summed E-state index contributed by atoms with van der Waals surface area (Å²) in [5.41, 5.74) is 3.50. The summed E-state index contributed by atoms with van der Waals surface area (Å²) in [6.45, 7) is 2.14. The molecular formula is C16H15F. The molecule has 0 aliphatic heterocycles. The van der Waals surface area contributed by atoms with E-state index in [0.717, 1.165) is 17.5 Å². The topological polar surface area (TPSA) is 0 Å². The number of benzene rings is 2. The monoisotopic (exact) mass is 226 g/mol. The number of hydrogen-bond donors (Lipinski definition) is 0. The Hall–Kier alpha value is -1.89. The Bertz CT molecular complexity index is 492. The van der Waals surface area contributed by atoms with Gasteiger partial charge in [-0.1, -0.05) is 55.5 Å². The normalized spacial score (nSPS) is 10.9. The Kier molecular flexibility index (Phi) is 3.71. The summed E-state index contributed by atoms with van der Waals surface area (Å²) < 4.78 is 12.7. The summed E-state index contributed by atoms with van der Waals surface area (Å²) in [6, 6.07) is 14.9. The molecule has 1 heteroatoms. The van der Waals surface area contributed by atoms with E-state index in [1.54, 1.807) is 12.1 Å². The van der Waals surface area contributed by atoms with Gasteiger partial charge in [-0.05, 0) is 35.2 Å². The predicted octanol–water partition coefficient (Wildman–Crippen LogP) is 4.56. The van der Waals surface area contributed by atoms with Crippen LogP contribution in [0.3, 0.4) is 0 Å². The molecule has 17 heavy (non-hydrogen) atoms. The van der Waals surface area contributed by atoms with Crippen LogP contribution in [0.5, 0.6) is 0 Å². The SMILES string of the molecule is CCc1ccc(/C=C/c2ccc(F)cc2)cc1. The van der Waals surface area contributed by atoms with Crippen LogP contribution >= 0.6 is 0 Å². The lowest BCUT2D eigenvalue weighted by atomic mass is 10.1. The van der Waals surface area contributed by atoms with Gasteiger partial charge in [-0.15, -0.1) is 0 Å². The van der Waals surface area contributed by atoms with Gasteiger partial charge >= 0.3 is 0 Å². The van der Waals surface area contributed by atoms with Gasteiger partial charge in [0.15, 0.2) is 0 Å². The Labute approximate surface area is 101 Å². The minimum atomic E-state index is -0.200. The van der Waals surface area contributed by atoms with Gasteiger partial charge in [0.25, 0.3) is 0 Å². The zero-order valence-electron chi connectivity index (χ0n) is 9.86. The molecule has 0 aliphatic rings. The molecule has 2 rings (SSSR count). The van der Waals surface area contributed by atoms with Gasteiger partial charge in [0.05, 0.1) is 0 Å². The second-order valence-electron chi connectivity index (χ2n) is 3.98. The first-order chi connectivity index (χ1) is 8.28. The Morgan fingerprint density at radius 2 is 1.29 bits per heavy atom. The molecule has 0 spiro atoms. The third-order valence-electron chi connectivity index (χ3n) is 2.73. The van der Waals surface area contributed by atoms with E-state index in [2.05, 4.69) is 31.2 Å². The van der Waals surface area contributed by atoms with Crippen LogP contribution < -0.4 is 0 Å². The quantitative estimate of drug-likeness (QED) is 0.673. The van der Waals surface area contributed by atoms with Crippen molar-refractivity contribution in [3.63, 3.8) is 0 Å². The van der Waals surface area contributed by atoms with Crippen molar-refractivity contribution in [2.75, 3.05) is 0 Å². The molecule has 0 amide bonds. The van der Waals surface area contributed by atoms with E-state index in [-0.39, 0.29) is 5.82 Å². The molecule has 0 heterocycles. The minimum Gasteiger partial charge on any atom is -0.207 e. The zero-order valence-corrected chi connectivity index (χ0v) is 9.86. The van der Waals surface area contributed by atoms with Crippen LogP contribution in [0.1, 0.15) is 23.6 Å². The standard InChI is InChI=1S/C16H15F/c1-2-13-3-5-14(6-4-13)7-8-15-9-11-16(17)12-10-15/h3-12H,2H2,1H3/b8-7+. The summed E-state index contributed by atoms with van der Waals surface area (Å²) >= 11 is 0. The lowest BCUT2D eigenvalue weighted by molar-refractivity contribution is 0.628. The van der Waals surface area contributed by atoms with Gasteiger partial charge in [0, 0.05) is 0 Å². The fraction of sp³-hybridized carbons (Fsp3) is 0.125. The highest BCUT2D eigenvalue weighted by Crippen LogP contribution is 2.10. The van der Waals surface area contributed by atoms with E-state index in [1.807, 2.05) is 12.2 Å². The maximum Gasteiger partial charge on any atom is 0.123 e. The number of hydrogen-bond acceptors (Lipinski definition) is 0. The van der Waals surface area contributed by atoms with E-state index in [1.165, 1.54) is 17.7 Å². The lowest BCUT2D eigenvalue weighted by Gasteiger charge is -1.97. The van der Waals surface area contributed by atoms with Crippen LogP contribution in [-0.4, -0.2) is 0 Å². The van der Waals surface area contributed by atoms with Crippen LogP contribution in [0.2, 0.25) is 0 Å². The largest absolute Gasteiger partial charge is 0.207 e. The van der Waals surface area contributed by atoms with Gasteiger partial charge in [0.2, 0.25) is 0 Å². The summed E-state index contributed by atoms with van der Waals surface area (Å²) in [4.78, 5) is 0. The molecular weight excluding hydrogens is 211 g/mol. The van der Waals surface area contributed by atoms with Crippen molar-refractivity contribution in [1.82, 2.24) is 0 Å². The van der Waals surface area contributed by atoms with Crippen LogP contribution in [0.4, 0.5) is 4.39 Å². The molecule has 0 radical (unpaired) electrons. The molecule has 0 nitrogen and oxygen atoms in total. The van der Waals surface area contributed by atoms with Crippen LogP contribution in [-0.2, 0) is 6.42 Å². The molecule has 0 fully saturated rings. The third kappa shape index (κ3) is 3.28. The number of aryl methyl sites for hydroxylation is 1. The first-order valence-electron chi connectivity index (χ1n) is 5.80. The molecule has 2 aromatic carbocycles. The maximum atomic E-state index is 12.7. The molecule has 0 atom stereocenters. The molecule has 0 aliphatic carbocycles. The Balaban J connectivity index is 2.11. The summed E-state index contributed by atoms with van der Waals surface area (Å²) in [5.74, 6) is -0.200. The van der Waals surface area contributed by atoms with E-state index in [9.17, 15) is 4.39 Å². The highest BCUT2D eigenvalue weighted by atomic mass is 19.1. The predicted molar refractivity (Wildman–Crippen MR) is 71.1 cm³/mol. The fourth-order valence-corrected chi connectivity index (χ4v) is 1.63. The number of halogens is 1. The van der Waals surface area contributed by atoms with Gasteiger partial charge in [-0.2, -0.15) is 0 Å². The van der Waals surface area contributed by atoms with E-state index in [4.69, 9.17) is 0 Å². The first kappa shape index (κ1) is 11.6. The molecule has 86 valence electrons. The van der Waals surface area contributed by atoms with E-state index in [0.29, 0.717) is 0 Å². The molecule has 0 bridgehead atoms. The molecule has 0 N–H and O–H groups in total. The van der Waals surface area contributed by atoms with Crippen molar-refractivity contribution < 1.29 is 4.39 Å². The van der Waals surface area contributed by atoms with Crippen molar-refractivity contribution in [1.29, 1.82) is 0 Å². The fourth-order valence-electron chi connectivity index (χ4n) is 1.63. The summed E-state index contributed by atoms with van der Waals surface area (Å²) in [7, 11) is 0. The molecule has 0 saturated carbocycles. The average Bonchev–Trinajstić information content (AvgIpc) is 2.39. The second-order valence-corrected chi connectivity index (χ2v) is 3.98. The minimum absolute atomic E-state index is 0.200. The highest BCUT2D eigenvalue weighted by molar-refractivity contribution is 5.69. The lowest BCUT2D eigenvalue weighted by Crippen LogP contribution is -1.79. The van der Waals surface area contributed by atoms with Gasteiger partial charge in [-0.3, -0.25) is 0 Å². The molecule has 2 aromatic rings. The summed E-state index contributed by atoms with van der Waals surface area (Å²) in [6.07, 6.45) is 5.08. The zero-order chi connectivity index (χ0) is 12.1. The van der Waals surface area contributed by atoms with Crippen LogP contribution in [0.15, 0.2) is 48.5 Å². The highest BCUT2D eigenvalue weighted by Gasteiger charge is 1.91. The van der Waals surface area contributed by atoms with E-state index >= 15 is 0 Å². The van der Waals surface area contributed by atoms with Gasteiger partial charge in [0.1, 0.15) is 5.82 Å². The average molecular weight is 226 g/mol. The van der Waals surface area contributed by atoms with Crippen molar-refractivity contribution in [2.45, 2.75) is 13.3 Å². The van der Waals surface area contributed by atoms with Crippen molar-refractivity contribution in [3.05, 3.63) is 71.0 Å². The van der Waals surface area contributed by atoms with E-state index < -0.39 is 0 Å². The Morgan fingerprint density at radius 3 is 1.76 bits per heavy atom. The first-order valence-corrected chi connectivity index (χ1v) is 5.80. The molecule has 0 aromatic heterocycles. The van der Waals surface area contributed by atoms with Gasteiger partial charge < -0.3 is 0 Å². The second kappa shape index (κ2) is 5.44. The van der Waals surface area contributed by atoms with Crippen LogP contribution in [0, 0.1) is 5.82 Å². The van der Waals surface area contributed by atoms with Crippen molar-refractivity contribution in [3.8, 4) is 0 Å².